The summed E-state index contributed by atoms with van der Waals surface area (Å²) in [6, 6.07) is 5.39. The van der Waals surface area contributed by atoms with Crippen molar-refractivity contribution >= 4 is 22.9 Å². The van der Waals surface area contributed by atoms with Gasteiger partial charge in [-0.2, -0.15) is 0 Å². The van der Waals surface area contributed by atoms with Crippen LogP contribution in [0.2, 0.25) is 0 Å². The number of hydrogen-bond acceptors (Lipinski definition) is 5. The molecule has 29 heavy (non-hydrogen) atoms. The fourth-order valence-corrected chi connectivity index (χ4v) is 3.91. The SMILES string of the molecule is COC1NC(=O)CCC1n1c(=O)n(C)c2c(CCC(=O)OC(C)(C)C)cccc21. The highest BCUT2D eigenvalue weighted by atomic mass is 16.6. The van der Waals surface area contributed by atoms with Gasteiger partial charge in [-0.25, -0.2) is 4.79 Å². The first kappa shape index (κ1) is 21.1. The van der Waals surface area contributed by atoms with E-state index in [4.69, 9.17) is 9.47 Å². The van der Waals surface area contributed by atoms with Gasteiger partial charge in [-0.15, -0.1) is 0 Å². The third-order valence-corrected chi connectivity index (χ3v) is 5.11. The molecule has 1 saturated heterocycles. The van der Waals surface area contributed by atoms with E-state index in [1.54, 1.807) is 16.2 Å². The number of aromatic nitrogens is 2. The van der Waals surface area contributed by atoms with Crippen LogP contribution in [0.15, 0.2) is 23.0 Å². The van der Waals surface area contributed by atoms with Gasteiger partial charge in [0.2, 0.25) is 5.91 Å². The van der Waals surface area contributed by atoms with Gasteiger partial charge in [0.05, 0.1) is 17.1 Å². The Morgan fingerprint density at radius 3 is 2.66 bits per heavy atom. The van der Waals surface area contributed by atoms with Crippen LogP contribution in [0.25, 0.3) is 11.0 Å². The molecule has 1 aromatic carbocycles. The number of aryl methyl sites for hydroxylation is 2. The van der Waals surface area contributed by atoms with Crippen LogP contribution >= 0.6 is 0 Å². The molecule has 158 valence electrons. The summed E-state index contributed by atoms with van der Waals surface area (Å²) in [5.41, 5.74) is 1.75. The van der Waals surface area contributed by atoms with Crippen LogP contribution in [0.3, 0.4) is 0 Å². The van der Waals surface area contributed by atoms with Gasteiger partial charge in [-0.3, -0.25) is 18.7 Å². The molecule has 2 atom stereocenters. The van der Waals surface area contributed by atoms with E-state index in [2.05, 4.69) is 5.32 Å². The van der Waals surface area contributed by atoms with Crippen LogP contribution in [-0.2, 0) is 32.5 Å². The maximum Gasteiger partial charge on any atom is 0.329 e. The average Bonchev–Trinajstić information content (AvgIpc) is 2.90. The van der Waals surface area contributed by atoms with Crippen molar-refractivity contribution in [3.05, 3.63) is 34.2 Å². The maximum absolute atomic E-state index is 13.1. The first-order valence-electron chi connectivity index (χ1n) is 9.85. The molecular weight excluding hydrogens is 374 g/mol. The number of ether oxygens (including phenoxy) is 2. The first-order chi connectivity index (χ1) is 13.6. The summed E-state index contributed by atoms with van der Waals surface area (Å²) >= 11 is 0. The topological polar surface area (TPSA) is 91.6 Å². The van der Waals surface area contributed by atoms with Crippen LogP contribution < -0.4 is 11.0 Å². The third kappa shape index (κ3) is 4.37. The molecule has 1 aliphatic rings. The number of rotatable bonds is 5. The normalized spacial score (nSPS) is 20.0. The molecule has 1 fully saturated rings. The Kier molecular flexibility index (Phi) is 5.84. The average molecular weight is 403 g/mol. The van der Waals surface area contributed by atoms with Gasteiger partial charge >= 0.3 is 11.7 Å². The van der Waals surface area contributed by atoms with Gasteiger partial charge in [0.25, 0.3) is 0 Å². The van der Waals surface area contributed by atoms with Gasteiger partial charge < -0.3 is 14.8 Å². The van der Waals surface area contributed by atoms with E-state index in [1.807, 2.05) is 39.0 Å². The van der Waals surface area contributed by atoms with Crippen LogP contribution in [0.5, 0.6) is 0 Å². The molecule has 8 heteroatoms. The number of hydrogen-bond donors (Lipinski definition) is 1. The van der Waals surface area contributed by atoms with Crippen molar-refractivity contribution in [3.63, 3.8) is 0 Å². The number of carbonyl (C=O) groups is 2. The molecule has 2 aromatic rings. The van der Waals surface area contributed by atoms with Crippen molar-refractivity contribution in [2.24, 2.45) is 7.05 Å². The zero-order valence-electron chi connectivity index (χ0n) is 17.7. The summed E-state index contributed by atoms with van der Waals surface area (Å²) in [7, 11) is 3.24. The van der Waals surface area contributed by atoms with E-state index in [1.165, 1.54) is 7.11 Å². The minimum Gasteiger partial charge on any atom is -0.460 e. The molecule has 8 nitrogen and oxygen atoms in total. The van der Waals surface area contributed by atoms with E-state index in [0.29, 0.717) is 19.3 Å². The highest BCUT2D eigenvalue weighted by Gasteiger charge is 2.33. The molecule has 3 rings (SSSR count). The number of imidazole rings is 1. The van der Waals surface area contributed by atoms with Crippen molar-refractivity contribution in [2.45, 2.75) is 64.3 Å². The Morgan fingerprint density at radius 1 is 1.28 bits per heavy atom. The number of piperidine rings is 1. The van der Waals surface area contributed by atoms with Gasteiger partial charge in [0, 0.05) is 27.0 Å². The van der Waals surface area contributed by atoms with Gasteiger partial charge in [-0.1, -0.05) is 12.1 Å². The van der Waals surface area contributed by atoms with Crippen molar-refractivity contribution in [1.29, 1.82) is 0 Å². The molecule has 1 N–H and O–H groups in total. The number of esters is 1. The number of para-hydroxylation sites is 1. The predicted molar refractivity (Wildman–Crippen MR) is 109 cm³/mol. The molecule has 1 aromatic heterocycles. The lowest BCUT2D eigenvalue weighted by Gasteiger charge is -2.31. The Hall–Kier alpha value is -2.61. The lowest BCUT2D eigenvalue weighted by atomic mass is 10.0. The number of nitrogens with zero attached hydrogens (tertiary/aromatic N) is 2. The highest BCUT2D eigenvalue weighted by Crippen LogP contribution is 2.28. The Morgan fingerprint density at radius 2 is 2.00 bits per heavy atom. The first-order valence-corrected chi connectivity index (χ1v) is 9.85. The molecule has 0 spiro atoms. The summed E-state index contributed by atoms with van der Waals surface area (Å²) in [6.45, 7) is 5.51. The molecule has 0 radical (unpaired) electrons. The predicted octanol–water partition coefficient (Wildman–Crippen LogP) is 2.04. The van der Waals surface area contributed by atoms with E-state index in [9.17, 15) is 14.4 Å². The zero-order chi connectivity index (χ0) is 21.3. The summed E-state index contributed by atoms with van der Waals surface area (Å²) in [5.74, 6) is -0.354. The standard InChI is InChI=1S/C21H29N3O5/c1-21(2,3)29-17(26)12-9-13-7-6-8-14-18(13)23(4)20(27)24(14)15-10-11-16(25)22-19(15)28-5/h6-8,15,19H,9-12H2,1-5H3,(H,22,25). The van der Waals surface area contributed by atoms with Gasteiger partial charge in [0.1, 0.15) is 5.60 Å². The molecule has 2 heterocycles. The minimum atomic E-state index is -0.565. The van der Waals surface area contributed by atoms with Gasteiger partial charge in [0.15, 0.2) is 6.23 Å². The molecular formula is C21H29N3O5. The van der Waals surface area contributed by atoms with Crippen molar-refractivity contribution in [3.8, 4) is 0 Å². The maximum atomic E-state index is 13.1. The third-order valence-electron chi connectivity index (χ3n) is 5.11. The Bertz CT molecular complexity index is 983. The number of nitrogens with one attached hydrogen (secondary N) is 1. The highest BCUT2D eigenvalue weighted by molar-refractivity contribution is 5.81. The fourth-order valence-electron chi connectivity index (χ4n) is 3.91. The number of amides is 1. The van der Waals surface area contributed by atoms with Crippen LogP contribution in [0, 0.1) is 0 Å². The van der Waals surface area contributed by atoms with Crippen LogP contribution in [0.4, 0.5) is 0 Å². The second-order valence-corrected chi connectivity index (χ2v) is 8.41. The van der Waals surface area contributed by atoms with E-state index < -0.39 is 11.8 Å². The van der Waals surface area contributed by atoms with Crippen molar-refractivity contribution in [1.82, 2.24) is 14.5 Å². The number of carbonyl (C=O) groups excluding carboxylic acids is 2. The number of benzene rings is 1. The lowest BCUT2D eigenvalue weighted by molar-refractivity contribution is -0.154. The number of methoxy groups -OCH3 is 1. The lowest BCUT2D eigenvalue weighted by Crippen LogP contribution is -2.48. The van der Waals surface area contributed by atoms with Crippen molar-refractivity contribution in [2.75, 3.05) is 7.11 Å². The Labute approximate surface area is 169 Å². The number of fused-ring (bicyclic) bond motifs is 1. The molecule has 0 saturated carbocycles. The monoisotopic (exact) mass is 403 g/mol. The molecule has 0 aliphatic carbocycles. The molecule has 2 unspecified atom stereocenters. The van der Waals surface area contributed by atoms with E-state index in [0.717, 1.165) is 16.6 Å². The summed E-state index contributed by atoms with van der Waals surface area (Å²) in [5, 5.41) is 2.80. The van der Waals surface area contributed by atoms with Crippen molar-refractivity contribution < 1.29 is 19.1 Å². The molecule has 0 bridgehead atoms. The molecule has 1 aliphatic heterocycles. The minimum absolute atomic E-state index is 0.0839. The quantitative estimate of drug-likeness (QED) is 0.772. The molecule has 1 amide bonds. The second kappa shape index (κ2) is 8.02. The summed E-state index contributed by atoms with van der Waals surface area (Å²) in [4.78, 5) is 36.9. The van der Waals surface area contributed by atoms with Crippen LogP contribution in [-0.4, -0.2) is 39.9 Å². The summed E-state index contributed by atoms with van der Waals surface area (Å²) < 4.78 is 14.1. The summed E-state index contributed by atoms with van der Waals surface area (Å²) in [6.07, 6.45) is 0.996. The zero-order valence-corrected chi connectivity index (χ0v) is 17.7. The smallest absolute Gasteiger partial charge is 0.329 e. The van der Waals surface area contributed by atoms with E-state index in [-0.39, 0.29) is 30.0 Å². The van der Waals surface area contributed by atoms with E-state index >= 15 is 0 Å². The van der Waals surface area contributed by atoms with Gasteiger partial charge in [-0.05, 0) is 45.2 Å². The van der Waals surface area contributed by atoms with Crippen LogP contribution in [0.1, 0.15) is 51.6 Å². The largest absolute Gasteiger partial charge is 0.460 e. The Balaban J connectivity index is 1.96. The second-order valence-electron chi connectivity index (χ2n) is 8.41. The fraction of sp³-hybridized carbons (Fsp3) is 0.571.